The number of benzene rings is 1. The molecule has 1 unspecified atom stereocenters. The van der Waals surface area contributed by atoms with Crippen LogP contribution < -0.4 is 17.0 Å². The molecule has 27 heavy (non-hydrogen) atoms. The number of aromatic nitrogens is 4. The molecular weight excluding hydrogens is 344 g/mol. The van der Waals surface area contributed by atoms with Gasteiger partial charge in [-0.1, -0.05) is 30.3 Å². The highest BCUT2D eigenvalue weighted by Gasteiger charge is 2.21. The van der Waals surface area contributed by atoms with Gasteiger partial charge in [-0.05, 0) is 18.9 Å². The SMILES string of the molecule is CC(N)CC(=N)c1nc2c(c(=O)n(C)c(=O)n2C)n1CCc1ccccc1. The van der Waals surface area contributed by atoms with Crippen LogP contribution in [0.15, 0.2) is 39.9 Å². The highest BCUT2D eigenvalue weighted by atomic mass is 16.2. The lowest BCUT2D eigenvalue weighted by molar-refractivity contribution is 0.679. The lowest BCUT2D eigenvalue weighted by Gasteiger charge is -2.11. The van der Waals surface area contributed by atoms with Gasteiger partial charge in [-0.3, -0.25) is 13.9 Å². The zero-order valence-corrected chi connectivity index (χ0v) is 15.8. The normalized spacial score (nSPS) is 12.4. The summed E-state index contributed by atoms with van der Waals surface area (Å²) in [5.41, 5.74) is 7.00. The molecule has 0 fully saturated rings. The lowest BCUT2D eigenvalue weighted by Crippen LogP contribution is -2.37. The van der Waals surface area contributed by atoms with Gasteiger partial charge in [0.15, 0.2) is 17.0 Å². The number of imidazole rings is 1. The summed E-state index contributed by atoms with van der Waals surface area (Å²) in [6, 6.07) is 9.70. The molecule has 3 rings (SSSR count). The van der Waals surface area contributed by atoms with E-state index in [4.69, 9.17) is 11.1 Å². The van der Waals surface area contributed by atoms with Gasteiger partial charge >= 0.3 is 5.69 Å². The molecule has 1 aromatic carbocycles. The van der Waals surface area contributed by atoms with Gasteiger partial charge in [0, 0.05) is 33.1 Å². The van der Waals surface area contributed by atoms with Crippen LogP contribution in [0.5, 0.6) is 0 Å². The third-order valence-electron chi connectivity index (χ3n) is 4.61. The summed E-state index contributed by atoms with van der Waals surface area (Å²) in [4.78, 5) is 29.5. The van der Waals surface area contributed by atoms with Crippen LogP contribution in [0.1, 0.15) is 24.7 Å². The molecule has 2 aromatic heterocycles. The van der Waals surface area contributed by atoms with Crippen molar-refractivity contribution in [3.05, 3.63) is 62.6 Å². The molecule has 3 N–H and O–H groups in total. The fourth-order valence-electron chi connectivity index (χ4n) is 3.19. The Bertz CT molecular complexity index is 1110. The number of hydrogen-bond donors (Lipinski definition) is 2. The van der Waals surface area contributed by atoms with Crippen molar-refractivity contribution in [1.29, 1.82) is 5.41 Å². The van der Waals surface area contributed by atoms with Crippen LogP contribution >= 0.6 is 0 Å². The molecule has 0 radical (unpaired) electrons. The molecule has 0 amide bonds. The van der Waals surface area contributed by atoms with Crippen molar-refractivity contribution in [2.45, 2.75) is 32.4 Å². The minimum atomic E-state index is -0.439. The van der Waals surface area contributed by atoms with Gasteiger partial charge in [0.2, 0.25) is 0 Å². The van der Waals surface area contributed by atoms with Crippen LogP contribution in [-0.4, -0.2) is 30.4 Å². The standard InChI is InChI=1S/C19H24N6O2/c1-12(20)11-14(21)16-22-17-15(18(26)24(3)19(27)23(17)2)25(16)10-9-13-7-5-4-6-8-13/h4-8,12,21H,9-11,20H2,1-3H3. The Kier molecular flexibility index (Phi) is 5.09. The third-order valence-corrected chi connectivity index (χ3v) is 4.61. The summed E-state index contributed by atoms with van der Waals surface area (Å²) in [7, 11) is 3.03. The van der Waals surface area contributed by atoms with E-state index in [-0.39, 0.29) is 11.8 Å². The molecule has 0 saturated carbocycles. The van der Waals surface area contributed by atoms with Gasteiger partial charge in [0.1, 0.15) is 0 Å². The van der Waals surface area contributed by atoms with E-state index in [1.807, 2.05) is 37.3 Å². The average Bonchev–Trinajstić information content (AvgIpc) is 3.03. The van der Waals surface area contributed by atoms with Crippen LogP contribution in [0.25, 0.3) is 11.2 Å². The van der Waals surface area contributed by atoms with Crippen LogP contribution in [0.4, 0.5) is 0 Å². The molecule has 0 spiro atoms. The van der Waals surface area contributed by atoms with Crippen LogP contribution in [-0.2, 0) is 27.1 Å². The van der Waals surface area contributed by atoms with E-state index in [0.29, 0.717) is 36.4 Å². The van der Waals surface area contributed by atoms with Crippen LogP contribution in [0, 0.1) is 5.41 Å². The maximum absolute atomic E-state index is 12.8. The Balaban J connectivity index is 2.19. The van der Waals surface area contributed by atoms with Gasteiger partial charge in [0.25, 0.3) is 5.56 Å². The van der Waals surface area contributed by atoms with E-state index in [1.54, 1.807) is 11.6 Å². The first-order chi connectivity index (χ1) is 12.8. The van der Waals surface area contributed by atoms with E-state index >= 15 is 0 Å². The smallest absolute Gasteiger partial charge is 0.328 e. The van der Waals surface area contributed by atoms with Crippen molar-refractivity contribution in [2.24, 2.45) is 19.8 Å². The van der Waals surface area contributed by atoms with Gasteiger partial charge in [0.05, 0.1) is 5.71 Å². The van der Waals surface area contributed by atoms with E-state index in [0.717, 1.165) is 10.1 Å². The molecule has 3 aromatic rings. The summed E-state index contributed by atoms with van der Waals surface area (Å²) in [6.07, 6.45) is 1.01. The van der Waals surface area contributed by atoms with E-state index < -0.39 is 11.2 Å². The highest BCUT2D eigenvalue weighted by molar-refractivity contribution is 5.98. The number of hydrogen-bond acceptors (Lipinski definition) is 5. The topological polar surface area (TPSA) is 112 Å². The first kappa shape index (κ1) is 18.8. The summed E-state index contributed by atoms with van der Waals surface area (Å²) in [5.74, 6) is 0.386. The van der Waals surface area contributed by atoms with Crippen molar-refractivity contribution in [3.63, 3.8) is 0 Å². The van der Waals surface area contributed by atoms with Gasteiger partial charge < -0.3 is 15.7 Å². The quantitative estimate of drug-likeness (QED) is 0.626. The predicted molar refractivity (Wildman–Crippen MR) is 105 cm³/mol. The second-order valence-corrected chi connectivity index (χ2v) is 6.86. The second-order valence-electron chi connectivity index (χ2n) is 6.86. The summed E-state index contributed by atoms with van der Waals surface area (Å²) >= 11 is 0. The first-order valence-electron chi connectivity index (χ1n) is 8.84. The zero-order valence-electron chi connectivity index (χ0n) is 15.8. The predicted octanol–water partition coefficient (Wildman–Crippen LogP) is 0.782. The Morgan fingerprint density at radius 1 is 1.19 bits per heavy atom. The van der Waals surface area contributed by atoms with E-state index in [2.05, 4.69) is 4.98 Å². The molecule has 0 aliphatic rings. The number of nitrogens with one attached hydrogen (secondary N) is 1. The lowest BCUT2D eigenvalue weighted by atomic mass is 10.1. The monoisotopic (exact) mass is 368 g/mol. The van der Waals surface area contributed by atoms with Crippen LogP contribution in [0.2, 0.25) is 0 Å². The van der Waals surface area contributed by atoms with E-state index in [1.165, 1.54) is 11.6 Å². The molecule has 1 atom stereocenters. The Morgan fingerprint density at radius 3 is 2.48 bits per heavy atom. The molecule has 0 aliphatic heterocycles. The first-order valence-corrected chi connectivity index (χ1v) is 8.84. The molecule has 8 nitrogen and oxygen atoms in total. The Labute approximate surface area is 156 Å². The van der Waals surface area contributed by atoms with Gasteiger partial charge in [-0.25, -0.2) is 9.78 Å². The largest absolute Gasteiger partial charge is 0.332 e. The van der Waals surface area contributed by atoms with Crippen molar-refractivity contribution in [2.75, 3.05) is 0 Å². The fraction of sp³-hybridized carbons (Fsp3) is 0.368. The second kappa shape index (κ2) is 7.32. The molecule has 2 heterocycles. The molecule has 0 bridgehead atoms. The minimum absolute atomic E-state index is 0.202. The molecule has 142 valence electrons. The summed E-state index contributed by atoms with van der Waals surface area (Å²) < 4.78 is 4.16. The van der Waals surface area contributed by atoms with Crippen molar-refractivity contribution in [1.82, 2.24) is 18.7 Å². The highest BCUT2D eigenvalue weighted by Crippen LogP contribution is 2.15. The Morgan fingerprint density at radius 2 is 1.85 bits per heavy atom. The average molecular weight is 368 g/mol. The van der Waals surface area contributed by atoms with Crippen LogP contribution in [0.3, 0.4) is 0 Å². The minimum Gasteiger partial charge on any atom is -0.328 e. The van der Waals surface area contributed by atoms with Gasteiger partial charge in [-0.2, -0.15) is 0 Å². The number of aryl methyl sites for hydroxylation is 3. The molecule has 8 heteroatoms. The molecule has 0 saturated heterocycles. The fourth-order valence-corrected chi connectivity index (χ4v) is 3.19. The summed E-state index contributed by atoms with van der Waals surface area (Å²) in [5, 5.41) is 8.41. The third kappa shape index (κ3) is 3.48. The number of nitrogens with zero attached hydrogens (tertiary/aromatic N) is 4. The maximum Gasteiger partial charge on any atom is 0.332 e. The molecular formula is C19H24N6O2. The Hall–Kier alpha value is -3.00. The maximum atomic E-state index is 12.8. The van der Waals surface area contributed by atoms with E-state index in [9.17, 15) is 9.59 Å². The van der Waals surface area contributed by atoms with Crippen molar-refractivity contribution < 1.29 is 0 Å². The van der Waals surface area contributed by atoms with Gasteiger partial charge in [-0.15, -0.1) is 0 Å². The van der Waals surface area contributed by atoms with Crippen molar-refractivity contribution in [3.8, 4) is 0 Å². The number of fused-ring (bicyclic) bond motifs is 1. The van der Waals surface area contributed by atoms with Crippen molar-refractivity contribution >= 4 is 16.9 Å². The molecule has 0 aliphatic carbocycles. The zero-order chi connectivity index (χ0) is 19.7. The number of rotatable bonds is 6. The number of nitrogens with two attached hydrogens (primary N) is 1. The summed E-state index contributed by atoms with van der Waals surface area (Å²) in [6.45, 7) is 2.30.